The number of amides is 1. The molecule has 3 rings (SSSR count). The van der Waals surface area contributed by atoms with Crippen LogP contribution < -0.4 is 5.32 Å². The molecule has 0 bridgehead atoms. The third-order valence-corrected chi connectivity index (χ3v) is 5.70. The summed E-state index contributed by atoms with van der Waals surface area (Å²) < 4.78 is 0. The van der Waals surface area contributed by atoms with Crippen LogP contribution >= 0.6 is 11.8 Å². The van der Waals surface area contributed by atoms with Crippen molar-refractivity contribution in [1.82, 2.24) is 10.2 Å². The van der Waals surface area contributed by atoms with Crippen LogP contribution in [0, 0.1) is 0 Å². The number of nitrogens with one attached hydrogen (secondary N) is 1. The van der Waals surface area contributed by atoms with Gasteiger partial charge in [-0.3, -0.25) is 10.1 Å². The average molecular weight is 304 g/mol. The van der Waals surface area contributed by atoms with Gasteiger partial charge >= 0.3 is 0 Å². The minimum absolute atomic E-state index is 0.00728. The Morgan fingerprint density at radius 3 is 2.86 bits per heavy atom. The highest BCUT2D eigenvalue weighted by Gasteiger charge is 2.40. The van der Waals surface area contributed by atoms with Gasteiger partial charge < -0.3 is 4.90 Å². The standard InChI is InChI=1S/C17H24N2OS/c1-13-18-16(10-9-14-6-3-2-4-7-14)17(20)19(13)15-8-5-11-21-12-15/h2-4,6-7,13,15-16,18H,5,8-12H2,1H3. The van der Waals surface area contributed by atoms with Crippen molar-refractivity contribution in [2.75, 3.05) is 11.5 Å². The molecule has 2 aliphatic rings. The van der Waals surface area contributed by atoms with Crippen molar-refractivity contribution in [2.24, 2.45) is 0 Å². The Labute approximate surface area is 131 Å². The largest absolute Gasteiger partial charge is 0.322 e. The normalized spacial score (nSPS) is 29.9. The molecule has 0 aromatic heterocycles. The second-order valence-electron chi connectivity index (χ2n) is 6.04. The van der Waals surface area contributed by atoms with E-state index in [0.29, 0.717) is 11.9 Å². The molecule has 3 nitrogen and oxygen atoms in total. The maximum Gasteiger partial charge on any atom is 0.241 e. The lowest BCUT2D eigenvalue weighted by Crippen LogP contribution is -2.45. The Hall–Kier alpha value is -1.00. The van der Waals surface area contributed by atoms with E-state index in [9.17, 15) is 4.79 Å². The Morgan fingerprint density at radius 1 is 1.33 bits per heavy atom. The highest BCUT2D eigenvalue weighted by molar-refractivity contribution is 7.99. The van der Waals surface area contributed by atoms with E-state index in [1.165, 1.54) is 17.7 Å². The molecule has 114 valence electrons. The van der Waals surface area contributed by atoms with Crippen molar-refractivity contribution in [2.45, 2.75) is 50.9 Å². The number of thioether (sulfide) groups is 1. The fourth-order valence-corrected chi connectivity index (χ4v) is 4.55. The van der Waals surface area contributed by atoms with Gasteiger partial charge in [0, 0.05) is 11.8 Å². The second-order valence-corrected chi connectivity index (χ2v) is 7.19. The molecule has 2 saturated heterocycles. The molecule has 2 heterocycles. The van der Waals surface area contributed by atoms with Crippen LogP contribution in [0.1, 0.15) is 31.7 Å². The van der Waals surface area contributed by atoms with E-state index in [1.807, 2.05) is 17.8 Å². The highest BCUT2D eigenvalue weighted by Crippen LogP contribution is 2.26. The summed E-state index contributed by atoms with van der Waals surface area (Å²) >= 11 is 1.98. The lowest BCUT2D eigenvalue weighted by atomic mass is 10.0. The van der Waals surface area contributed by atoms with Gasteiger partial charge in [0.2, 0.25) is 5.91 Å². The molecule has 2 aliphatic heterocycles. The fraction of sp³-hybridized carbons (Fsp3) is 0.588. The van der Waals surface area contributed by atoms with E-state index >= 15 is 0 Å². The van der Waals surface area contributed by atoms with Crippen LogP contribution in [-0.4, -0.2) is 40.6 Å². The minimum atomic E-state index is -0.00728. The SMILES string of the molecule is CC1NC(CCc2ccccc2)C(=O)N1C1CCCSC1. The molecular weight excluding hydrogens is 280 g/mol. The lowest BCUT2D eigenvalue weighted by molar-refractivity contribution is -0.131. The monoisotopic (exact) mass is 304 g/mol. The summed E-state index contributed by atoms with van der Waals surface area (Å²) in [5, 5.41) is 3.49. The Bertz CT molecular complexity index is 473. The third kappa shape index (κ3) is 3.43. The summed E-state index contributed by atoms with van der Waals surface area (Å²) in [7, 11) is 0. The molecule has 0 saturated carbocycles. The predicted molar refractivity (Wildman–Crippen MR) is 88.3 cm³/mol. The van der Waals surface area contributed by atoms with Crippen LogP contribution in [0.4, 0.5) is 0 Å². The maximum absolute atomic E-state index is 12.7. The summed E-state index contributed by atoms with van der Waals surface area (Å²) in [4.78, 5) is 14.8. The molecule has 2 fully saturated rings. The molecule has 3 atom stereocenters. The van der Waals surface area contributed by atoms with E-state index in [0.717, 1.165) is 25.0 Å². The number of benzene rings is 1. The van der Waals surface area contributed by atoms with Crippen LogP contribution in [-0.2, 0) is 11.2 Å². The fourth-order valence-electron chi connectivity index (χ4n) is 3.42. The van der Waals surface area contributed by atoms with Crippen LogP contribution in [0.3, 0.4) is 0 Å². The lowest BCUT2D eigenvalue weighted by Gasteiger charge is -2.33. The van der Waals surface area contributed by atoms with Crippen molar-refractivity contribution in [3.05, 3.63) is 35.9 Å². The van der Waals surface area contributed by atoms with Crippen molar-refractivity contribution in [1.29, 1.82) is 0 Å². The van der Waals surface area contributed by atoms with E-state index in [1.54, 1.807) is 0 Å². The number of hydrogen-bond donors (Lipinski definition) is 1. The number of carbonyl (C=O) groups excluding carboxylic acids is 1. The first-order valence-electron chi connectivity index (χ1n) is 7.95. The second kappa shape index (κ2) is 6.84. The van der Waals surface area contributed by atoms with Crippen LogP contribution in [0.15, 0.2) is 30.3 Å². The molecule has 21 heavy (non-hydrogen) atoms. The quantitative estimate of drug-likeness (QED) is 0.928. The summed E-state index contributed by atoms with van der Waals surface area (Å²) in [6.07, 6.45) is 4.44. The number of carbonyl (C=O) groups is 1. The van der Waals surface area contributed by atoms with Gasteiger partial charge in [-0.2, -0.15) is 11.8 Å². The Balaban J connectivity index is 1.59. The van der Waals surface area contributed by atoms with Crippen LogP contribution in [0.25, 0.3) is 0 Å². The van der Waals surface area contributed by atoms with Gasteiger partial charge in [-0.05, 0) is 43.9 Å². The molecule has 0 radical (unpaired) electrons. The van der Waals surface area contributed by atoms with Gasteiger partial charge in [0.05, 0.1) is 12.2 Å². The van der Waals surface area contributed by atoms with Crippen molar-refractivity contribution < 1.29 is 4.79 Å². The van der Waals surface area contributed by atoms with Crippen LogP contribution in [0.5, 0.6) is 0 Å². The molecule has 0 spiro atoms. The van der Waals surface area contributed by atoms with Gasteiger partial charge in [0.25, 0.3) is 0 Å². The van der Waals surface area contributed by atoms with Crippen LogP contribution in [0.2, 0.25) is 0 Å². The van der Waals surface area contributed by atoms with Gasteiger partial charge in [0.15, 0.2) is 0 Å². The summed E-state index contributed by atoms with van der Waals surface area (Å²) in [5.74, 6) is 2.66. The number of nitrogens with zero attached hydrogens (tertiary/aromatic N) is 1. The summed E-state index contributed by atoms with van der Waals surface area (Å²) in [6.45, 7) is 2.12. The van der Waals surface area contributed by atoms with Crippen molar-refractivity contribution in [3.8, 4) is 0 Å². The van der Waals surface area contributed by atoms with E-state index < -0.39 is 0 Å². The average Bonchev–Trinajstić information content (AvgIpc) is 2.81. The Morgan fingerprint density at radius 2 is 2.14 bits per heavy atom. The van der Waals surface area contributed by atoms with E-state index in [4.69, 9.17) is 0 Å². The number of hydrogen-bond acceptors (Lipinski definition) is 3. The van der Waals surface area contributed by atoms with Gasteiger partial charge in [-0.1, -0.05) is 30.3 Å². The van der Waals surface area contributed by atoms with E-state index in [-0.39, 0.29) is 12.2 Å². The zero-order valence-corrected chi connectivity index (χ0v) is 13.4. The van der Waals surface area contributed by atoms with Crippen molar-refractivity contribution in [3.63, 3.8) is 0 Å². The highest BCUT2D eigenvalue weighted by atomic mass is 32.2. The van der Waals surface area contributed by atoms with Gasteiger partial charge in [-0.15, -0.1) is 0 Å². The summed E-state index contributed by atoms with van der Waals surface area (Å²) in [5.41, 5.74) is 1.31. The topological polar surface area (TPSA) is 32.3 Å². The molecule has 1 aromatic rings. The first-order valence-corrected chi connectivity index (χ1v) is 9.11. The van der Waals surface area contributed by atoms with Gasteiger partial charge in [0.1, 0.15) is 0 Å². The molecule has 0 aliphatic carbocycles. The number of aryl methyl sites for hydroxylation is 1. The predicted octanol–water partition coefficient (Wildman–Crippen LogP) is 2.66. The van der Waals surface area contributed by atoms with Crippen molar-refractivity contribution >= 4 is 17.7 Å². The first kappa shape index (κ1) is 14.9. The molecule has 4 heteroatoms. The molecule has 1 aromatic carbocycles. The minimum Gasteiger partial charge on any atom is -0.322 e. The molecular formula is C17H24N2OS. The van der Waals surface area contributed by atoms with Gasteiger partial charge in [-0.25, -0.2) is 0 Å². The zero-order valence-electron chi connectivity index (χ0n) is 12.6. The van der Waals surface area contributed by atoms with E-state index in [2.05, 4.69) is 41.4 Å². The summed E-state index contributed by atoms with van der Waals surface area (Å²) in [6, 6.07) is 10.9. The smallest absolute Gasteiger partial charge is 0.241 e. The maximum atomic E-state index is 12.7. The number of rotatable bonds is 4. The molecule has 1 N–H and O–H groups in total. The third-order valence-electron chi connectivity index (χ3n) is 4.51. The Kier molecular flexibility index (Phi) is 4.86. The first-order chi connectivity index (χ1) is 10.3. The molecule has 3 unspecified atom stereocenters. The zero-order chi connectivity index (χ0) is 14.7. The molecule has 1 amide bonds.